The highest BCUT2D eigenvalue weighted by atomic mass is 35.5. The lowest BCUT2D eigenvalue weighted by Gasteiger charge is -2.12. The van der Waals surface area contributed by atoms with E-state index in [9.17, 15) is 0 Å². The number of benzene rings is 1. The summed E-state index contributed by atoms with van der Waals surface area (Å²) in [4.78, 5) is 4.05. The minimum Gasteiger partial charge on any atom is -0.491 e. The highest BCUT2D eigenvalue weighted by Crippen LogP contribution is 2.33. The molecule has 0 atom stereocenters. The summed E-state index contributed by atoms with van der Waals surface area (Å²) >= 11 is 17.9. The monoisotopic (exact) mass is 315 g/mol. The standard InChI is InChI=1S/C14H12Cl3NO/c15-8-11-6-12(16)7-13(17)14(11)19-5-3-10-2-1-4-18-9-10/h1-2,4,6-7,9H,3,5,8H2. The van der Waals surface area contributed by atoms with Crippen LogP contribution in [0.5, 0.6) is 5.75 Å². The minimum atomic E-state index is 0.308. The Morgan fingerprint density at radius 2 is 2.05 bits per heavy atom. The van der Waals surface area contributed by atoms with Gasteiger partial charge in [-0.1, -0.05) is 29.3 Å². The van der Waals surface area contributed by atoms with Crippen molar-refractivity contribution in [2.45, 2.75) is 12.3 Å². The van der Waals surface area contributed by atoms with E-state index in [4.69, 9.17) is 39.5 Å². The molecule has 100 valence electrons. The van der Waals surface area contributed by atoms with Gasteiger partial charge in [0.2, 0.25) is 0 Å². The summed E-state index contributed by atoms with van der Waals surface area (Å²) < 4.78 is 5.71. The first-order valence-electron chi connectivity index (χ1n) is 5.76. The molecule has 1 heterocycles. The predicted molar refractivity (Wildman–Crippen MR) is 79.5 cm³/mol. The molecule has 0 N–H and O–H groups in total. The Bertz CT molecular complexity index is 546. The molecule has 2 rings (SSSR count). The highest BCUT2D eigenvalue weighted by Gasteiger charge is 2.10. The zero-order chi connectivity index (χ0) is 13.7. The Morgan fingerprint density at radius 1 is 1.21 bits per heavy atom. The molecular weight excluding hydrogens is 305 g/mol. The smallest absolute Gasteiger partial charge is 0.142 e. The fraction of sp³-hybridized carbons (Fsp3) is 0.214. The lowest BCUT2D eigenvalue weighted by Crippen LogP contribution is -2.04. The molecule has 5 heteroatoms. The highest BCUT2D eigenvalue weighted by molar-refractivity contribution is 6.36. The molecule has 0 aliphatic heterocycles. The second-order valence-electron chi connectivity index (χ2n) is 3.97. The number of aromatic nitrogens is 1. The van der Waals surface area contributed by atoms with Gasteiger partial charge in [0.05, 0.1) is 17.5 Å². The molecule has 2 nitrogen and oxygen atoms in total. The summed E-state index contributed by atoms with van der Waals surface area (Å²) in [6, 6.07) is 7.31. The fourth-order valence-electron chi connectivity index (χ4n) is 1.69. The molecule has 0 aliphatic carbocycles. The molecule has 19 heavy (non-hydrogen) atoms. The van der Waals surface area contributed by atoms with Crippen LogP contribution in [0.4, 0.5) is 0 Å². The van der Waals surface area contributed by atoms with E-state index in [1.807, 2.05) is 18.3 Å². The maximum absolute atomic E-state index is 6.11. The number of pyridine rings is 1. The number of nitrogens with zero attached hydrogens (tertiary/aromatic N) is 1. The minimum absolute atomic E-state index is 0.308. The van der Waals surface area contributed by atoms with E-state index in [1.165, 1.54) is 0 Å². The van der Waals surface area contributed by atoms with Crippen molar-refractivity contribution in [1.29, 1.82) is 0 Å². The summed E-state index contributed by atoms with van der Waals surface area (Å²) in [5, 5.41) is 1.04. The van der Waals surface area contributed by atoms with Crippen LogP contribution in [-0.4, -0.2) is 11.6 Å². The molecule has 0 fully saturated rings. The van der Waals surface area contributed by atoms with Gasteiger partial charge in [-0.25, -0.2) is 0 Å². The van der Waals surface area contributed by atoms with Crippen molar-refractivity contribution < 1.29 is 4.74 Å². The van der Waals surface area contributed by atoms with E-state index < -0.39 is 0 Å². The Kier molecular flexibility index (Phi) is 5.32. The molecule has 0 spiro atoms. The molecule has 0 bridgehead atoms. The first-order valence-corrected chi connectivity index (χ1v) is 7.05. The SMILES string of the molecule is ClCc1cc(Cl)cc(Cl)c1OCCc1cccnc1. The summed E-state index contributed by atoms with van der Waals surface area (Å²) in [6.07, 6.45) is 4.32. The summed E-state index contributed by atoms with van der Waals surface area (Å²) in [7, 11) is 0. The Morgan fingerprint density at radius 3 is 2.74 bits per heavy atom. The largest absolute Gasteiger partial charge is 0.491 e. The third-order valence-electron chi connectivity index (χ3n) is 2.59. The third kappa shape index (κ3) is 4.00. The molecule has 0 unspecified atom stereocenters. The number of rotatable bonds is 5. The van der Waals surface area contributed by atoms with Crippen LogP contribution in [-0.2, 0) is 12.3 Å². The van der Waals surface area contributed by atoms with Crippen molar-refractivity contribution in [1.82, 2.24) is 4.98 Å². The zero-order valence-corrected chi connectivity index (χ0v) is 12.3. The number of halogens is 3. The van der Waals surface area contributed by atoms with Crippen LogP contribution < -0.4 is 4.74 Å². The van der Waals surface area contributed by atoms with Crippen LogP contribution in [0.15, 0.2) is 36.7 Å². The second-order valence-corrected chi connectivity index (χ2v) is 5.08. The second kappa shape index (κ2) is 6.99. The molecule has 2 aromatic rings. The van der Waals surface area contributed by atoms with Crippen molar-refractivity contribution in [3.05, 3.63) is 57.8 Å². The molecule has 1 aromatic carbocycles. The van der Waals surface area contributed by atoms with E-state index in [-0.39, 0.29) is 0 Å². The van der Waals surface area contributed by atoms with Gasteiger partial charge in [0.25, 0.3) is 0 Å². The Balaban J connectivity index is 2.03. The lowest BCUT2D eigenvalue weighted by molar-refractivity contribution is 0.319. The van der Waals surface area contributed by atoms with Crippen molar-refractivity contribution in [2.24, 2.45) is 0 Å². The summed E-state index contributed by atoms with van der Waals surface area (Å²) in [5.74, 6) is 0.910. The number of hydrogen-bond acceptors (Lipinski definition) is 2. The van der Waals surface area contributed by atoms with Gasteiger partial charge in [-0.15, -0.1) is 11.6 Å². The van der Waals surface area contributed by atoms with Gasteiger partial charge in [-0.05, 0) is 23.8 Å². The third-order valence-corrected chi connectivity index (χ3v) is 3.38. The Labute approximate surface area is 127 Å². The van der Waals surface area contributed by atoms with E-state index in [0.717, 1.165) is 17.5 Å². The lowest BCUT2D eigenvalue weighted by atomic mass is 10.2. The molecule has 1 aromatic heterocycles. The fourth-order valence-corrected chi connectivity index (χ4v) is 2.48. The van der Waals surface area contributed by atoms with Gasteiger partial charge in [-0.2, -0.15) is 0 Å². The maximum Gasteiger partial charge on any atom is 0.142 e. The van der Waals surface area contributed by atoms with Gasteiger partial charge in [-0.3, -0.25) is 4.98 Å². The number of alkyl halides is 1. The van der Waals surface area contributed by atoms with Crippen molar-refractivity contribution in [3.63, 3.8) is 0 Å². The predicted octanol–water partition coefficient (Wildman–Crippen LogP) is 4.75. The van der Waals surface area contributed by atoms with Gasteiger partial charge < -0.3 is 4.74 Å². The van der Waals surface area contributed by atoms with Crippen molar-refractivity contribution in [3.8, 4) is 5.75 Å². The molecule has 0 amide bonds. The van der Waals surface area contributed by atoms with Crippen molar-refractivity contribution in [2.75, 3.05) is 6.61 Å². The van der Waals surface area contributed by atoms with E-state index >= 15 is 0 Å². The molecule has 0 radical (unpaired) electrons. The maximum atomic E-state index is 6.11. The summed E-state index contributed by atoms with van der Waals surface area (Å²) in [6.45, 7) is 0.511. The number of hydrogen-bond donors (Lipinski definition) is 0. The van der Waals surface area contributed by atoms with Gasteiger partial charge in [0.15, 0.2) is 0 Å². The first kappa shape index (κ1) is 14.4. The topological polar surface area (TPSA) is 22.1 Å². The quantitative estimate of drug-likeness (QED) is 0.743. The van der Waals surface area contributed by atoms with Gasteiger partial charge in [0, 0.05) is 29.4 Å². The zero-order valence-electron chi connectivity index (χ0n) is 10.1. The van der Waals surface area contributed by atoms with Gasteiger partial charge in [0.1, 0.15) is 5.75 Å². The first-order chi connectivity index (χ1) is 9.20. The molecule has 0 aliphatic rings. The van der Waals surface area contributed by atoms with Crippen LogP contribution in [0.25, 0.3) is 0 Å². The van der Waals surface area contributed by atoms with Crippen LogP contribution in [0.3, 0.4) is 0 Å². The van der Waals surface area contributed by atoms with E-state index in [2.05, 4.69) is 4.98 Å². The molecule has 0 saturated heterocycles. The van der Waals surface area contributed by atoms with E-state index in [0.29, 0.717) is 28.3 Å². The van der Waals surface area contributed by atoms with Crippen LogP contribution in [0, 0.1) is 0 Å². The molecule has 0 saturated carbocycles. The Hall–Kier alpha value is -0.960. The average Bonchev–Trinajstić information content (AvgIpc) is 2.42. The van der Waals surface area contributed by atoms with Crippen LogP contribution >= 0.6 is 34.8 Å². The summed E-state index contributed by atoms with van der Waals surface area (Å²) in [5.41, 5.74) is 1.91. The van der Waals surface area contributed by atoms with Crippen LogP contribution in [0.2, 0.25) is 10.0 Å². The average molecular weight is 317 g/mol. The normalized spacial score (nSPS) is 10.5. The van der Waals surface area contributed by atoms with Gasteiger partial charge >= 0.3 is 0 Å². The number of ether oxygens (including phenoxy) is 1. The van der Waals surface area contributed by atoms with Crippen molar-refractivity contribution >= 4 is 34.8 Å². The van der Waals surface area contributed by atoms with E-state index in [1.54, 1.807) is 18.3 Å². The molecular formula is C14H12Cl3NO. The van der Waals surface area contributed by atoms with Crippen LogP contribution in [0.1, 0.15) is 11.1 Å².